The molecular formula is C14H22N2O3. The molecule has 0 radical (unpaired) electrons. The summed E-state index contributed by atoms with van der Waals surface area (Å²) in [4.78, 5) is 14.1. The second kappa shape index (κ2) is 6.99. The zero-order valence-electron chi connectivity index (χ0n) is 12.2. The molecule has 0 saturated carbocycles. The zero-order valence-corrected chi connectivity index (χ0v) is 12.2. The molecule has 5 nitrogen and oxygen atoms in total. The minimum atomic E-state index is -0.0969. The summed E-state index contributed by atoms with van der Waals surface area (Å²) in [5, 5.41) is 2.88. The van der Waals surface area contributed by atoms with Crippen LogP contribution in [0.15, 0.2) is 12.1 Å². The van der Waals surface area contributed by atoms with Crippen molar-refractivity contribution in [2.45, 2.75) is 6.92 Å². The number of amides is 1. The van der Waals surface area contributed by atoms with Gasteiger partial charge in [-0.25, -0.2) is 0 Å². The minimum Gasteiger partial charge on any atom is -0.493 e. The molecule has 1 rings (SSSR count). The third-order valence-corrected chi connectivity index (χ3v) is 2.82. The summed E-state index contributed by atoms with van der Waals surface area (Å²) in [6.45, 7) is 3.29. The fraction of sp³-hybridized carbons (Fsp3) is 0.500. The lowest BCUT2D eigenvalue weighted by atomic mass is 10.1. The lowest BCUT2D eigenvalue weighted by Crippen LogP contribution is -2.31. The molecule has 0 aliphatic rings. The van der Waals surface area contributed by atoms with Crippen molar-refractivity contribution in [2.75, 3.05) is 41.4 Å². The van der Waals surface area contributed by atoms with Crippen LogP contribution in [0, 0.1) is 6.92 Å². The Morgan fingerprint density at radius 3 is 2.32 bits per heavy atom. The van der Waals surface area contributed by atoms with Gasteiger partial charge in [0.15, 0.2) is 11.5 Å². The number of nitrogens with one attached hydrogen (secondary N) is 1. The first-order valence-electron chi connectivity index (χ1n) is 6.15. The van der Waals surface area contributed by atoms with E-state index in [4.69, 9.17) is 9.47 Å². The average molecular weight is 266 g/mol. The molecular weight excluding hydrogens is 244 g/mol. The summed E-state index contributed by atoms with van der Waals surface area (Å²) < 4.78 is 10.4. The fourth-order valence-corrected chi connectivity index (χ4v) is 1.71. The Balaban J connectivity index is 2.85. The van der Waals surface area contributed by atoms with Crippen molar-refractivity contribution in [1.29, 1.82) is 0 Å². The summed E-state index contributed by atoms with van der Waals surface area (Å²) in [7, 11) is 7.07. The van der Waals surface area contributed by atoms with Crippen LogP contribution >= 0.6 is 0 Å². The second-order valence-electron chi connectivity index (χ2n) is 4.58. The van der Waals surface area contributed by atoms with Gasteiger partial charge in [0.05, 0.1) is 14.2 Å². The largest absolute Gasteiger partial charge is 0.493 e. The maximum absolute atomic E-state index is 12.1. The van der Waals surface area contributed by atoms with Crippen LogP contribution in [0.4, 0.5) is 0 Å². The Morgan fingerprint density at radius 1 is 1.21 bits per heavy atom. The van der Waals surface area contributed by atoms with Gasteiger partial charge in [-0.15, -0.1) is 0 Å². The molecule has 0 atom stereocenters. The number of ether oxygens (including phenoxy) is 2. The highest BCUT2D eigenvalue weighted by molar-refractivity contribution is 5.96. The summed E-state index contributed by atoms with van der Waals surface area (Å²) >= 11 is 0. The number of hydrogen-bond acceptors (Lipinski definition) is 4. The van der Waals surface area contributed by atoms with E-state index in [0.29, 0.717) is 23.6 Å². The minimum absolute atomic E-state index is 0.0969. The predicted molar refractivity (Wildman–Crippen MR) is 75.2 cm³/mol. The number of hydrogen-bond donors (Lipinski definition) is 1. The van der Waals surface area contributed by atoms with Crippen molar-refractivity contribution >= 4 is 5.91 Å². The van der Waals surface area contributed by atoms with Gasteiger partial charge >= 0.3 is 0 Å². The summed E-state index contributed by atoms with van der Waals surface area (Å²) in [6.07, 6.45) is 0. The van der Waals surface area contributed by atoms with Crippen LogP contribution in [0.2, 0.25) is 0 Å². The van der Waals surface area contributed by atoms with E-state index in [9.17, 15) is 4.79 Å². The van der Waals surface area contributed by atoms with Crippen molar-refractivity contribution in [3.63, 3.8) is 0 Å². The first kappa shape index (κ1) is 15.3. The molecule has 106 valence electrons. The fourth-order valence-electron chi connectivity index (χ4n) is 1.71. The molecule has 0 aliphatic heterocycles. The smallest absolute Gasteiger partial charge is 0.251 e. The van der Waals surface area contributed by atoms with E-state index < -0.39 is 0 Å². The van der Waals surface area contributed by atoms with Crippen LogP contribution in [0.1, 0.15) is 15.9 Å². The van der Waals surface area contributed by atoms with Crippen LogP contribution in [0.25, 0.3) is 0 Å². The molecule has 0 saturated heterocycles. The zero-order chi connectivity index (χ0) is 14.4. The highest BCUT2D eigenvalue weighted by atomic mass is 16.5. The number of carbonyl (C=O) groups is 1. The van der Waals surface area contributed by atoms with Crippen molar-refractivity contribution in [1.82, 2.24) is 10.2 Å². The van der Waals surface area contributed by atoms with Gasteiger partial charge in [-0.05, 0) is 38.7 Å². The summed E-state index contributed by atoms with van der Waals surface area (Å²) in [5.41, 5.74) is 1.47. The van der Waals surface area contributed by atoms with E-state index in [2.05, 4.69) is 5.32 Å². The molecule has 0 aliphatic carbocycles. The quantitative estimate of drug-likeness (QED) is 0.843. The van der Waals surface area contributed by atoms with Crippen molar-refractivity contribution in [3.05, 3.63) is 23.3 Å². The molecule has 19 heavy (non-hydrogen) atoms. The van der Waals surface area contributed by atoms with E-state index in [1.54, 1.807) is 26.4 Å². The van der Waals surface area contributed by atoms with Crippen LogP contribution < -0.4 is 14.8 Å². The van der Waals surface area contributed by atoms with Crippen LogP contribution in [0.3, 0.4) is 0 Å². The van der Waals surface area contributed by atoms with Gasteiger partial charge in [0.25, 0.3) is 5.91 Å². The van der Waals surface area contributed by atoms with E-state index in [1.165, 1.54) is 0 Å². The van der Waals surface area contributed by atoms with Crippen LogP contribution in [-0.4, -0.2) is 52.2 Å². The Hall–Kier alpha value is -1.75. The Labute approximate surface area is 114 Å². The molecule has 0 spiro atoms. The van der Waals surface area contributed by atoms with Gasteiger partial charge in [0, 0.05) is 18.7 Å². The molecule has 0 heterocycles. The Bertz CT molecular complexity index is 445. The summed E-state index contributed by atoms with van der Waals surface area (Å²) in [5.74, 6) is 1.09. The van der Waals surface area contributed by atoms with Gasteiger partial charge in [-0.1, -0.05) is 0 Å². The second-order valence-corrected chi connectivity index (χ2v) is 4.58. The number of rotatable bonds is 6. The lowest BCUT2D eigenvalue weighted by Gasteiger charge is -2.14. The number of carbonyl (C=O) groups excluding carboxylic acids is 1. The van der Waals surface area contributed by atoms with Crippen molar-refractivity contribution in [2.24, 2.45) is 0 Å². The molecule has 0 aromatic heterocycles. The number of nitrogens with zero attached hydrogens (tertiary/aromatic N) is 1. The predicted octanol–water partition coefficient (Wildman–Crippen LogP) is 1.30. The van der Waals surface area contributed by atoms with E-state index in [-0.39, 0.29) is 5.91 Å². The van der Waals surface area contributed by atoms with E-state index >= 15 is 0 Å². The normalized spacial score (nSPS) is 10.4. The molecule has 1 amide bonds. The number of methoxy groups -OCH3 is 2. The van der Waals surface area contributed by atoms with Gasteiger partial charge in [-0.2, -0.15) is 0 Å². The van der Waals surface area contributed by atoms with Crippen LogP contribution in [0.5, 0.6) is 11.5 Å². The first-order valence-corrected chi connectivity index (χ1v) is 6.15. The highest BCUT2D eigenvalue weighted by Crippen LogP contribution is 2.30. The van der Waals surface area contributed by atoms with E-state index in [0.717, 1.165) is 12.1 Å². The Morgan fingerprint density at radius 2 is 1.79 bits per heavy atom. The SMILES string of the molecule is COc1cc(C)c(C(=O)NCCN(C)C)cc1OC. The van der Waals surface area contributed by atoms with Crippen molar-refractivity contribution in [3.8, 4) is 11.5 Å². The van der Waals surface area contributed by atoms with Gasteiger partial charge < -0.3 is 19.7 Å². The van der Waals surface area contributed by atoms with E-state index in [1.807, 2.05) is 25.9 Å². The maximum Gasteiger partial charge on any atom is 0.251 e. The standard InChI is InChI=1S/C14H22N2O3/c1-10-8-12(18-4)13(19-5)9-11(10)14(17)15-6-7-16(2)3/h8-9H,6-7H2,1-5H3,(H,15,17). The summed E-state index contributed by atoms with van der Waals surface area (Å²) in [6, 6.07) is 3.51. The average Bonchev–Trinajstić information content (AvgIpc) is 2.37. The maximum atomic E-state index is 12.1. The van der Waals surface area contributed by atoms with Gasteiger partial charge in [0.2, 0.25) is 0 Å². The molecule has 5 heteroatoms. The van der Waals surface area contributed by atoms with Gasteiger partial charge in [0.1, 0.15) is 0 Å². The molecule has 0 fully saturated rings. The highest BCUT2D eigenvalue weighted by Gasteiger charge is 2.14. The van der Waals surface area contributed by atoms with Crippen molar-refractivity contribution < 1.29 is 14.3 Å². The Kier molecular flexibility index (Phi) is 5.63. The third-order valence-electron chi connectivity index (χ3n) is 2.82. The monoisotopic (exact) mass is 266 g/mol. The number of likely N-dealkylation sites (N-methyl/N-ethyl adjacent to an activating group) is 1. The molecule has 1 aromatic rings. The topological polar surface area (TPSA) is 50.8 Å². The first-order chi connectivity index (χ1) is 8.99. The molecule has 0 bridgehead atoms. The van der Waals surface area contributed by atoms with Crippen LogP contribution in [-0.2, 0) is 0 Å². The number of aryl methyl sites for hydroxylation is 1. The lowest BCUT2D eigenvalue weighted by molar-refractivity contribution is 0.0950. The number of benzene rings is 1. The third kappa shape index (κ3) is 4.13. The molecule has 1 N–H and O–H groups in total. The molecule has 1 aromatic carbocycles. The van der Waals surface area contributed by atoms with Gasteiger partial charge in [-0.3, -0.25) is 4.79 Å². The molecule has 0 unspecified atom stereocenters.